The molecule has 110 valence electrons. The van der Waals surface area contributed by atoms with Crippen molar-refractivity contribution in [2.24, 2.45) is 0 Å². The van der Waals surface area contributed by atoms with Gasteiger partial charge in [0.15, 0.2) is 0 Å². The Morgan fingerprint density at radius 1 is 1.29 bits per heavy atom. The van der Waals surface area contributed by atoms with Crippen molar-refractivity contribution in [2.75, 3.05) is 0 Å². The van der Waals surface area contributed by atoms with Gasteiger partial charge in [0.2, 0.25) is 0 Å². The molecule has 2 atom stereocenters. The van der Waals surface area contributed by atoms with Crippen molar-refractivity contribution in [3.63, 3.8) is 0 Å². The summed E-state index contributed by atoms with van der Waals surface area (Å²) in [7, 11) is 0. The van der Waals surface area contributed by atoms with Crippen LogP contribution in [0.5, 0.6) is 0 Å². The quantitative estimate of drug-likeness (QED) is 0.874. The van der Waals surface area contributed by atoms with Gasteiger partial charge in [-0.1, -0.05) is 22.0 Å². The summed E-state index contributed by atoms with van der Waals surface area (Å²) < 4.78 is 28.4. The molecule has 1 heterocycles. The van der Waals surface area contributed by atoms with Gasteiger partial charge in [-0.05, 0) is 43.0 Å². The molecule has 0 radical (unpaired) electrons. The van der Waals surface area contributed by atoms with Crippen LogP contribution in [-0.2, 0) is 6.42 Å². The summed E-state index contributed by atoms with van der Waals surface area (Å²) >= 11 is 3.04. The van der Waals surface area contributed by atoms with E-state index in [-0.39, 0.29) is 11.5 Å². The second-order valence-electron chi connectivity index (χ2n) is 5.27. The Balaban J connectivity index is 2.03. The topological polar surface area (TPSA) is 33.1 Å². The van der Waals surface area contributed by atoms with Crippen LogP contribution < -0.4 is 0 Å². The highest BCUT2D eigenvalue weighted by molar-refractivity contribution is 9.10. The van der Waals surface area contributed by atoms with Gasteiger partial charge >= 0.3 is 0 Å². The average molecular weight is 354 g/mol. The largest absolute Gasteiger partial charge is 0.387 e. The van der Waals surface area contributed by atoms with Gasteiger partial charge in [0, 0.05) is 22.3 Å². The second-order valence-corrected chi connectivity index (χ2v) is 6.19. The van der Waals surface area contributed by atoms with E-state index in [0.29, 0.717) is 10.9 Å². The SMILES string of the molecule is OC(c1c(F)cc(Br)cc1F)C1CCCc2cccnc21. The van der Waals surface area contributed by atoms with Crippen LogP contribution in [0.1, 0.15) is 41.7 Å². The average Bonchev–Trinajstić information content (AvgIpc) is 2.45. The molecule has 0 amide bonds. The van der Waals surface area contributed by atoms with E-state index in [1.54, 1.807) is 6.20 Å². The molecule has 2 aromatic rings. The van der Waals surface area contributed by atoms with E-state index in [4.69, 9.17) is 0 Å². The van der Waals surface area contributed by atoms with E-state index >= 15 is 0 Å². The molecule has 1 aromatic carbocycles. The maximum Gasteiger partial charge on any atom is 0.133 e. The molecule has 0 bridgehead atoms. The molecule has 0 aliphatic heterocycles. The fourth-order valence-electron chi connectivity index (χ4n) is 2.99. The van der Waals surface area contributed by atoms with Gasteiger partial charge in [0.1, 0.15) is 11.6 Å². The zero-order valence-electron chi connectivity index (χ0n) is 11.2. The maximum atomic E-state index is 14.0. The summed E-state index contributed by atoms with van der Waals surface area (Å²) in [4.78, 5) is 4.31. The molecule has 2 nitrogen and oxygen atoms in total. The monoisotopic (exact) mass is 353 g/mol. The first-order valence-electron chi connectivity index (χ1n) is 6.84. The van der Waals surface area contributed by atoms with Crippen LogP contribution >= 0.6 is 15.9 Å². The van der Waals surface area contributed by atoms with Crippen molar-refractivity contribution >= 4 is 15.9 Å². The number of aliphatic hydroxyl groups is 1. The van der Waals surface area contributed by atoms with Crippen LogP contribution in [0.3, 0.4) is 0 Å². The zero-order valence-corrected chi connectivity index (χ0v) is 12.8. The van der Waals surface area contributed by atoms with Gasteiger partial charge in [-0.2, -0.15) is 0 Å². The van der Waals surface area contributed by atoms with Crippen LogP contribution in [0.15, 0.2) is 34.9 Å². The predicted molar refractivity (Wildman–Crippen MR) is 78.9 cm³/mol. The lowest BCUT2D eigenvalue weighted by Crippen LogP contribution is -2.20. The number of nitrogens with zero attached hydrogens (tertiary/aromatic N) is 1. The number of halogens is 3. The van der Waals surface area contributed by atoms with Crippen molar-refractivity contribution in [3.05, 3.63) is 63.4 Å². The molecule has 1 aliphatic carbocycles. The van der Waals surface area contributed by atoms with Crippen molar-refractivity contribution in [3.8, 4) is 0 Å². The lowest BCUT2D eigenvalue weighted by molar-refractivity contribution is 0.125. The van der Waals surface area contributed by atoms with Gasteiger partial charge < -0.3 is 5.11 Å². The highest BCUT2D eigenvalue weighted by Crippen LogP contribution is 2.41. The standard InChI is InChI=1S/C16H14BrF2NO/c17-10-7-12(18)14(13(19)8-10)16(21)11-5-1-3-9-4-2-6-20-15(9)11/h2,4,6-8,11,16,21H,1,3,5H2. The van der Waals surface area contributed by atoms with E-state index < -0.39 is 17.7 Å². The Morgan fingerprint density at radius 3 is 2.71 bits per heavy atom. The molecule has 1 aromatic heterocycles. The van der Waals surface area contributed by atoms with Crippen LogP contribution in [0.25, 0.3) is 0 Å². The van der Waals surface area contributed by atoms with Crippen LogP contribution in [-0.4, -0.2) is 10.1 Å². The number of hydrogen-bond donors (Lipinski definition) is 1. The molecule has 2 unspecified atom stereocenters. The van der Waals surface area contributed by atoms with Gasteiger partial charge in [0.25, 0.3) is 0 Å². The summed E-state index contributed by atoms with van der Waals surface area (Å²) in [5, 5.41) is 10.5. The molecule has 3 rings (SSSR count). The number of aryl methyl sites for hydroxylation is 1. The van der Waals surface area contributed by atoms with Crippen molar-refractivity contribution in [1.82, 2.24) is 4.98 Å². The van der Waals surface area contributed by atoms with E-state index in [1.807, 2.05) is 12.1 Å². The molecule has 0 fully saturated rings. The van der Waals surface area contributed by atoms with E-state index in [1.165, 1.54) is 12.1 Å². The Morgan fingerprint density at radius 2 is 2.00 bits per heavy atom. The molecule has 5 heteroatoms. The van der Waals surface area contributed by atoms with Crippen molar-refractivity contribution < 1.29 is 13.9 Å². The van der Waals surface area contributed by atoms with Crippen molar-refractivity contribution in [1.29, 1.82) is 0 Å². The third-order valence-electron chi connectivity index (χ3n) is 3.96. The lowest BCUT2D eigenvalue weighted by Gasteiger charge is -2.28. The highest BCUT2D eigenvalue weighted by Gasteiger charge is 2.32. The first-order valence-corrected chi connectivity index (χ1v) is 7.63. The van der Waals surface area contributed by atoms with E-state index in [0.717, 1.165) is 24.1 Å². The van der Waals surface area contributed by atoms with Gasteiger partial charge in [-0.15, -0.1) is 0 Å². The minimum Gasteiger partial charge on any atom is -0.387 e. The van der Waals surface area contributed by atoms with Crippen molar-refractivity contribution in [2.45, 2.75) is 31.3 Å². The number of aliphatic hydroxyl groups excluding tert-OH is 1. The number of benzene rings is 1. The third kappa shape index (κ3) is 2.72. The molecule has 0 saturated heterocycles. The maximum absolute atomic E-state index is 14.0. The summed E-state index contributed by atoms with van der Waals surface area (Å²) in [6.07, 6.45) is 2.85. The number of rotatable bonds is 2. The Kier molecular flexibility index (Phi) is 4.04. The molecule has 21 heavy (non-hydrogen) atoms. The summed E-state index contributed by atoms with van der Waals surface area (Å²) in [6, 6.07) is 6.14. The molecular formula is C16H14BrF2NO. The van der Waals surface area contributed by atoms with E-state index in [9.17, 15) is 13.9 Å². The molecule has 1 N–H and O–H groups in total. The Labute approximate surface area is 130 Å². The number of hydrogen-bond acceptors (Lipinski definition) is 2. The Bertz CT molecular complexity index is 654. The smallest absolute Gasteiger partial charge is 0.133 e. The molecule has 1 aliphatic rings. The number of aromatic nitrogens is 1. The normalized spacial score (nSPS) is 19.1. The Hall–Kier alpha value is -1.33. The van der Waals surface area contributed by atoms with Crippen LogP contribution in [0.4, 0.5) is 8.78 Å². The zero-order chi connectivity index (χ0) is 15.0. The fraction of sp³-hybridized carbons (Fsp3) is 0.312. The minimum atomic E-state index is -1.23. The predicted octanol–water partition coefficient (Wildman–Crippen LogP) is 4.28. The third-order valence-corrected chi connectivity index (χ3v) is 4.42. The number of pyridine rings is 1. The summed E-state index contributed by atoms with van der Waals surface area (Å²) in [5.74, 6) is -1.85. The molecular weight excluding hydrogens is 340 g/mol. The summed E-state index contributed by atoms with van der Waals surface area (Å²) in [5.41, 5.74) is 1.52. The molecule has 0 saturated carbocycles. The van der Waals surface area contributed by atoms with Gasteiger partial charge in [-0.3, -0.25) is 4.98 Å². The lowest BCUT2D eigenvalue weighted by atomic mass is 9.81. The van der Waals surface area contributed by atoms with Crippen LogP contribution in [0, 0.1) is 11.6 Å². The highest BCUT2D eigenvalue weighted by atomic mass is 79.9. The first-order chi connectivity index (χ1) is 10.1. The molecule has 0 spiro atoms. The van der Waals surface area contributed by atoms with Gasteiger partial charge in [0.05, 0.1) is 11.7 Å². The first kappa shape index (κ1) is 14.6. The van der Waals surface area contributed by atoms with Gasteiger partial charge in [-0.25, -0.2) is 8.78 Å². The van der Waals surface area contributed by atoms with E-state index in [2.05, 4.69) is 20.9 Å². The second kappa shape index (κ2) is 5.81. The number of fused-ring (bicyclic) bond motifs is 1. The summed E-state index contributed by atoms with van der Waals surface area (Å²) in [6.45, 7) is 0. The van der Waals surface area contributed by atoms with Crippen LogP contribution in [0.2, 0.25) is 0 Å². The fourth-order valence-corrected chi connectivity index (χ4v) is 3.39. The minimum absolute atomic E-state index is 0.276.